The summed E-state index contributed by atoms with van der Waals surface area (Å²) in [5.74, 6) is -1.63. The molecular weight excluding hydrogens is 468 g/mol. The van der Waals surface area contributed by atoms with Gasteiger partial charge in [0.25, 0.3) is 11.8 Å². The molecule has 0 aliphatic heterocycles. The minimum Gasteiger partial charge on any atom is -0.478 e. The lowest BCUT2D eigenvalue weighted by Crippen LogP contribution is -2.42. The number of amidine groups is 1. The third kappa shape index (κ3) is 6.41. The quantitative estimate of drug-likeness (QED) is 0.207. The van der Waals surface area contributed by atoms with Gasteiger partial charge in [0.1, 0.15) is 5.84 Å². The van der Waals surface area contributed by atoms with Gasteiger partial charge in [-0.15, -0.1) is 0 Å². The number of aromatic carboxylic acids is 1. The molecule has 192 valence electrons. The van der Waals surface area contributed by atoms with Gasteiger partial charge in [-0.1, -0.05) is 52.0 Å². The summed E-state index contributed by atoms with van der Waals surface area (Å²) in [5.41, 5.74) is 7.69. The van der Waals surface area contributed by atoms with Gasteiger partial charge in [-0.25, -0.2) is 4.79 Å². The molecule has 0 saturated carbocycles. The van der Waals surface area contributed by atoms with Crippen LogP contribution in [0.4, 0.5) is 5.69 Å². The molecule has 2 amide bonds. The third-order valence-electron chi connectivity index (χ3n) is 6.16. The summed E-state index contributed by atoms with van der Waals surface area (Å²) < 4.78 is 0. The van der Waals surface area contributed by atoms with Crippen molar-refractivity contribution < 1.29 is 19.5 Å². The third-order valence-corrected chi connectivity index (χ3v) is 6.16. The topological polar surface area (TPSA) is 145 Å². The van der Waals surface area contributed by atoms with Crippen LogP contribution in [-0.4, -0.2) is 34.8 Å². The van der Waals surface area contributed by atoms with E-state index in [-0.39, 0.29) is 46.3 Å². The predicted molar refractivity (Wildman–Crippen MR) is 145 cm³/mol. The fraction of sp³-hybridized carbons (Fsp3) is 0.241. The number of carboxylic acid groups (broad SMARTS) is 1. The van der Waals surface area contributed by atoms with Crippen LogP contribution in [0.1, 0.15) is 64.3 Å². The van der Waals surface area contributed by atoms with E-state index in [0.29, 0.717) is 22.4 Å². The van der Waals surface area contributed by atoms with Gasteiger partial charge in [0.05, 0.1) is 5.56 Å². The summed E-state index contributed by atoms with van der Waals surface area (Å²) in [5, 5.41) is 23.3. The van der Waals surface area contributed by atoms with E-state index in [9.17, 15) is 19.5 Å². The van der Waals surface area contributed by atoms with Crippen molar-refractivity contribution in [1.29, 1.82) is 5.41 Å². The van der Waals surface area contributed by atoms with Gasteiger partial charge in [-0.05, 0) is 65.4 Å². The summed E-state index contributed by atoms with van der Waals surface area (Å²) in [6.45, 7) is 8.10. The average molecular weight is 501 g/mol. The van der Waals surface area contributed by atoms with E-state index >= 15 is 0 Å². The number of carbonyl (C=O) groups is 3. The Kier molecular flexibility index (Phi) is 8.45. The maximum Gasteiger partial charge on any atom is 0.336 e. The number of hydrogen-bond donors (Lipinski definition) is 5. The molecule has 3 aromatic carbocycles. The van der Waals surface area contributed by atoms with Crippen molar-refractivity contribution in [3.63, 3.8) is 0 Å². The van der Waals surface area contributed by atoms with Crippen LogP contribution in [0.25, 0.3) is 11.1 Å². The highest BCUT2D eigenvalue weighted by atomic mass is 16.4. The first-order chi connectivity index (χ1) is 17.5. The highest BCUT2D eigenvalue weighted by Crippen LogP contribution is 2.29. The molecule has 0 fully saturated rings. The zero-order valence-corrected chi connectivity index (χ0v) is 21.3. The van der Waals surface area contributed by atoms with E-state index in [4.69, 9.17) is 11.1 Å². The normalized spacial score (nSPS) is 11.0. The van der Waals surface area contributed by atoms with Crippen molar-refractivity contribution >= 4 is 29.3 Å². The molecule has 6 N–H and O–H groups in total. The Morgan fingerprint density at radius 3 is 1.92 bits per heavy atom. The van der Waals surface area contributed by atoms with Gasteiger partial charge in [-0.3, -0.25) is 15.0 Å². The second kappa shape index (κ2) is 11.5. The van der Waals surface area contributed by atoms with E-state index in [0.717, 1.165) is 0 Å². The molecule has 0 unspecified atom stereocenters. The Morgan fingerprint density at radius 2 is 1.35 bits per heavy atom. The van der Waals surface area contributed by atoms with E-state index in [2.05, 4.69) is 10.6 Å². The fourth-order valence-corrected chi connectivity index (χ4v) is 4.28. The van der Waals surface area contributed by atoms with Crippen LogP contribution in [0.2, 0.25) is 0 Å². The van der Waals surface area contributed by atoms with Crippen molar-refractivity contribution in [2.75, 3.05) is 5.32 Å². The van der Waals surface area contributed by atoms with E-state index in [1.165, 1.54) is 6.07 Å². The average Bonchev–Trinajstić information content (AvgIpc) is 2.86. The molecule has 0 heterocycles. The fourth-order valence-electron chi connectivity index (χ4n) is 4.28. The summed E-state index contributed by atoms with van der Waals surface area (Å²) in [6.07, 6.45) is 0. The minimum atomic E-state index is -1.20. The molecule has 8 heteroatoms. The van der Waals surface area contributed by atoms with Gasteiger partial charge in [0.15, 0.2) is 0 Å². The van der Waals surface area contributed by atoms with Crippen LogP contribution in [0.5, 0.6) is 0 Å². The van der Waals surface area contributed by atoms with Gasteiger partial charge < -0.3 is 21.5 Å². The summed E-state index contributed by atoms with van der Waals surface area (Å²) >= 11 is 0. The van der Waals surface area contributed by atoms with Crippen molar-refractivity contribution in [2.24, 2.45) is 17.6 Å². The molecule has 0 aromatic heterocycles. The van der Waals surface area contributed by atoms with E-state index in [1.54, 1.807) is 60.7 Å². The molecule has 0 radical (unpaired) electrons. The van der Waals surface area contributed by atoms with Crippen molar-refractivity contribution in [3.8, 4) is 11.1 Å². The largest absolute Gasteiger partial charge is 0.478 e. The number of carboxylic acids is 1. The molecular formula is C29H32N4O4. The number of amides is 2. The zero-order chi connectivity index (χ0) is 27.3. The van der Waals surface area contributed by atoms with E-state index < -0.39 is 11.9 Å². The first-order valence-corrected chi connectivity index (χ1v) is 12.0. The monoisotopic (exact) mass is 500 g/mol. The second-order valence-electron chi connectivity index (χ2n) is 9.54. The molecule has 3 aromatic rings. The van der Waals surface area contributed by atoms with Crippen LogP contribution in [0, 0.1) is 17.2 Å². The first-order valence-electron chi connectivity index (χ1n) is 12.0. The summed E-state index contributed by atoms with van der Waals surface area (Å²) in [4.78, 5) is 38.3. The number of nitrogen functional groups attached to an aromatic ring is 1. The van der Waals surface area contributed by atoms with Crippen LogP contribution < -0.4 is 16.4 Å². The summed E-state index contributed by atoms with van der Waals surface area (Å²) in [7, 11) is 0. The molecule has 37 heavy (non-hydrogen) atoms. The van der Waals surface area contributed by atoms with Crippen LogP contribution >= 0.6 is 0 Å². The number of anilines is 1. The number of nitrogens with two attached hydrogens (primary N) is 1. The molecule has 3 rings (SSSR count). The van der Waals surface area contributed by atoms with Gasteiger partial charge in [0.2, 0.25) is 0 Å². The molecule has 0 spiro atoms. The molecule has 0 aliphatic rings. The van der Waals surface area contributed by atoms with Gasteiger partial charge >= 0.3 is 5.97 Å². The maximum atomic E-state index is 13.1. The number of nitrogens with one attached hydrogen (secondary N) is 3. The highest BCUT2D eigenvalue weighted by Gasteiger charge is 2.23. The van der Waals surface area contributed by atoms with Crippen LogP contribution in [0.15, 0.2) is 66.7 Å². The Morgan fingerprint density at radius 1 is 0.784 bits per heavy atom. The number of carbonyl (C=O) groups excluding carboxylic acids is 2. The molecule has 8 nitrogen and oxygen atoms in total. The Bertz CT molecular complexity index is 1320. The first kappa shape index (κ1) is 27.1. The Labute approximate surface area is 216 Å². The molecule has 0 bridgehead atoms. The molecule has 0 aliphatic carbocycles. The molecule has 0 saturated heterocycles. The highest BCUT2D eigenvalue weighted by molar-refractivity contribution is 6.11. The van der Waals surface area contributed by atoms with Crippen molar-refractivity contribution in [1.82, 2.24) is 5.32 Å². The predicted octanol–water partition coefficient (Wildman–Crippen LogP) is 5.00. The smallest absolute Gasteiger partial charge is 0.336 e. The lowest BCUT2D eigenvalue weighted by molar-refractivity contribution is 0.0697. The Balaban J connectivity index is 1.95. The SMILES string of the molecule is CC(C)C(NC(=O)c1ccc(-c2ccccc2C(=O)Nc2ccc(C(=N)N)cc2)c(C(=O)O)c1)C(C)C. The summed E-state index contributed by atoms with van der Waals surface area (Å²) in [6, 6.07) is 17.6. The maximum absolute atomic E-state index is 13.1. The van der Waals surface area contributed by atoms with Crippen molar-refractivity contribution in [2.45, 2.75) is 33.7 Å². The van der Waals surface area contributed by atoms with E-state index in [1.807, 2.05) is 27.7 Å². The Hall–Kier alpha value is -4.46. The van der Waals surface area contributed by atoms with Crippen LogP contribution in [-0.2, 0) is 0 Å². The second-order valence-corrected chi connectivity index (χ2v) is 9.54. The minimum absolute atomic E-state index is 0.0608. The van der Waals surface area contributed by atoms with Crippen molar-refractivity contribution in [3.05, 3.63) is 89.0 Å². The van der Waals surface area contributed by atoms with Crippen LogP contribution in [0.3, 0.4) is 0 Å². The lowest BCUT2D eigenvalue weighted by atomic mass is 9.91. The zero-order valence-electron chi connectivity index (χ0n) is 21.3. The number of benzene rings is 3. The molecule has 0 atom stereocenters. The van der Waals surface area contributed by atoms with Gasteiger partial charge in [-0.2, -0.15) is 0 Å². The standard InChI is InChI=1S/C29H32N4O4/c1-16(2)25(17(3)4)33-27(34)19-11-14-22(24(15-19)29(36)37)21-7-5-6-8-23(21)28(35)32-20-12-9-18(10-13-20)26(30)31/h5-17,25H,1-4H3,(H3,30,31)(H,32,35)(H,33,34)(H,36,37). The lowest BCUT2D eigenvalue weighted by Gasteiger charge is -2.26. The number of rotatable bonds is 9. The van der Waals surface area contributed by atoms with Gasteiger partial charge in [0, 0.05) is 28.4 Å². The number of hydrogen-bond acceptors (Lipinski definition) is 4.